The minimum Gasteiger partial charge on any atom is -0.481 e. The molecule has 1 rings (SSSR count). The Balaban J connectivity index is 2.35. The Bertz CT molecular complexity index is 583. The highest BCUT2D eigenvalue weighted by atomic mass is 19.4. The molecule has 0 saturated carbocycles. The molecule has 0 aliphatic heterocycles. The zero-order valence-corrected chi connectivity index (χ0v) is 13.7. The first-order valence-electron chi connectivity index (χ1n) is 7.68. The maximum absolute atomic E-state index is 12.6. The molecule has 1 aromatic rings. The molecule has 0 fully saturated rings. The molecular weight excluding hydrogens is 323 g/mol. The quantitative estimate of drug-likeness (QED) is 0.756. The summed E-state index contributed by atoms with van der Waals surface area (Å²) in [5, 5.41) is 11.6. The van der Waals surface area contributed by atoms with Crippen molar-refractivity contribution in [3.63, 3.8) is 0 Å². The lowest BCUT2D eigenvalue weighted by Crippen LogP contribution is -2.31. The average Bonchev–Trinajstić information content (AvgIpc) is 2.46. The fourth-order valence-electron chi connectivity index (χ4n) is 2.07. The highest BCUT2D eigenvalue weighted by Gasteiger charge is 2.30. The van der Waals surface area contributed by atoms with E-state index < -0.39 is 23.1 Å². The summed E-state index contributed by atoms with van der Waals surface area (Å²) in [6.07, 6.45) is -3.08. The van der Waals surface area contributed by atoms with Crippen LogP contribution in [0.3, 0.4) is 0 Å². The van der Waals surface area contributed by atoms with E-state index in [1.165, 1.54) is 6.07 Å². The SMILES string of the molecule is CC(C)(CCNC(=O)CCCc1cccc(C(F)(F)F)c1)C(=O)O. The lowest BCUT2D eigenvalue weighted by molar-refractivity contribution is -0.147. The number of benzene rings is 1. The maximum atomic E-state index is 12.6. The first-order chi connectivity index (χ1) is 11.0. The summed E-state index contributed by atoms with van der Waals surface area (Å²) >= 11 is 0. The molecule has 1 aromatic carbocycles. The molecule has 0 spiro atoms. The van der Waals surface area contributed by atoms with Gasteiger partial charge >= 0.3 is 12.1 Å². The normalized spacial score (nSPS) is 12.0. The number of aliphatic carboxylic acids is 1. The second-order valence-electron chi connectivity index (χ2n) is 6.34. The molecule has 1 amide bonds. The van der Waals surface area contributed by atoms with Crippen LogP contribution in [0, 0.1) is 5.41 Å². The zero-order valence-electron chi connectivity index (χ0n) is 13.7. The van der Waals surface area contributed by atoms with Gasteiger partial charge in [0, 0.05) is 13.0 Å². The van der Waals surface area contributed by atoms with Gasteiger partial charge in [-0.15, -0.1) is 0 Å². The minimum atomic E-state index is -4.37. The number of halogens is 3. The molecule has 2 N–H and O–H groups in total. The Morgan fingerprint density at radius 3 is 2.46 bits per heavy atom. The van der Waals surface area contributed by atoms with E-state index in [9.17, 15) is 22.8 Å². The molecule has 0 aromatic heterocycles. The van der Waals surface area contributed by atoms with Crippen LogP contribution in [0.2, 0.25) is 0 Å². The summed E-state index contributed by atoms with van der Waals surface area (Å²) in [5.41, 5.74) is -1.07. The molecule has 0 heterocycles. The van der Waals surface area contributed by atoms with Crippen molar-refractivity contribution in [1.29, 1.82) is 0 Å². The summed E-state index contributed by atoms with van der Waals surface area (Å²) in [7, 11) is 0. The number of hydrogen-bond acceptors (Lipinski definition) is 2. The van der Waals surface area contributed by atoms with Crippen LogP contribution in [0.5, 0.6) is 0 Å². The second-order valence-corrected chi connectivity index (χ2v) is 6.34. The average molecular weight is 345 g/mol. The Morgan fingerprint density at radius 2 is 1.88 bits per heavy atom. The van der Waals surface area contributed by atoms with E-state index in [0.717, 1.165) is 12.1 Å². The molecule has 0 unspecified atom stereocenters. The van der Waals surface area contributed by atoms with Crippen molar-refractivity contribution in [2.75, 3.05) is 6.54 Å². The summed E-state index contributed by atoms with van der Waals surface area (Å²) in [5.74, 6) is -1.16. The van der Waals surface area contributed by atoms with Crippen molar-refractivity contribution in [2.45, 2.75) is 45.7 Å². The molecule has 0 aliphatic carbocycles. The minimum absolute atomic E-state index is 0.184. The van der Waals surface area contributed by atoms with Crippen molar-refractivity contribution in [2.24, 2.45) is 5.41 Å². The molecule has 4 nitrogen and oxygen atoms in total. The molecule has 24 heavy (non-hydrogen) atoms. The smallest absolute Gasteiger partial charge is 0.416 e. The van der Waals surface area contributed by atoms with E-state index in [0.29, 0.717) is 24.8 Å². The topological polar surface area (TPSA) is 66.4 Å². The number of carbonyl (C=O) groups excluding carboxylic acids is 1. The molecule has 0 atom stereocenters. The molecule has 7 heteroatoms. The van der Waals surface area contributed by atoms with E-state index >= 15 is 0 Å². The van der Waals surface area contributed by atoms with Gasteiger partial charge in [0.15, 0.2) is 0 Å². The van der Waals surface area contributed by atoms with Crippen molar-refractivity contribution in [1.82, 2.24) is 5.32 Å². The van der Waals surface area contributed by atoms with Gasteiger partial charge in [-0.1, -0.05) is 18.2 Å². The highest BCUT2D eigenvalue weighted by Crippen LogP contribution is 2.29. The maximum Gasteiger partial charge on any atom is 0.416 e. The van der Waals surface area contributed by atoms with Gasteiger partial charge in [0.05, 0.1) is 11.0 Å². The van der Waals surface area contributed by atoms with E-state index in [1.807, 2.05) is 0 Å². The predicted molar refractivity (Wildman–Crippen MR) is 83.4 cm³/mol. The Labute approximate surface area is 139 Å². The second kappa shape index (κ2) is 8.17. The Morgan fingerprint density at radius 1 is 1.21 bits per heavy atom. The number of aryl methyl sites for hydroxylation is 1. The van der Waals surface area contributed by atoms with Gasteiger partial charge in [-0.05, 0) is 44.7 Å². The standard InChI is InChI=1S/C17H22F3NO3/c1-16(2,15(23)24)9-10-21-14(22)8-4-6-12-5-3-7-13(11-12)17(18,19)20/h3,5,7,11H,4,6,8-10H2,1-2H3,(H,21,22)(H,23,24). The van der Waals surface area contributed by atoms with Gasteiger partial charge in [-0.3, -0.25) is 9.59 Å². The van der Waals surface area contributed by atoms with E-state index in [-0.39, 0.29) is 18.9 Å². The fourth-order valence-corrected chi connectivity index (χ4v) is 2.07. The van der Waals surface area contributed by atoms with E-state index in [2.05, 4.69) is 5.32 Å². The molecule has 0 aliphatic rings. The number of amides is 1. The van der Waals surface area contributed by atoms with Crippen molar-refractivity contribution >= 4 is 11.9 Å². The summed E-state index contributed by atoms with van der Waals surface area (Å²) in [4.78, 5) is 22.6. The van der Waals surface area contributed by atoms with Gasteiger partial charge in [-0.25, -0.2) is 0 Å². The predicted octanol–water partition coefficient (Wildman–Crippen LogP) is 3.65. The van der Waals surface area contributed by atoms with Gasteiger partial charge < -0.3 is 10.4 Å². The van der Waals surface area contributed by atoms with Crippen molar-refractivity contribution in [3.8, 4) is 0 Å². The van der Waals surface area contributed by atoms with Crippen LogP contribution in [-0.4, -0.2) is 23.5 Å². The molecule has 134 valence electrons. The molecule has 0 bridgehead atoms. The summed E-state index contributed by atoms with van der Waals surface area (Å²) < 4.78 is 37.8. The van der Waals surface area contributed by atoms with E-state index in [4.69, 9.17) is 5.11 Å². The number of carbonyl (C=O) groups is 2. The molecular formula is C17H22F3NO3. The van der Waals surface area contributed by atoms with Crippen molar-refractivity contribution in [3.05, 3.63) is 35.4 Å². The van der Waals surface area contributed by atoms with Crippen LogP contribution in [0.25, 0.3) is 0 Å². The highest BCUT2D eigenvalue weighted by molar-refractivity contribution is 5.76. The molecule has 0 radical (unpaired) electrons. The third-order valence-corrected chi connectivity index (χ3v) is 3.77. The lowest BCUT2D eigenvalue weighted by atomic mass is 9.90. The zero-order chi connectivity index (χ0) is 18.4. The number of alkyl halides is 3. The first kappa shape index (κ1) is 20.0. The fraction of sp³-hybridized carbons (Fsp3) is 0.529. The van der Waals surface area contributed by atoms with Crippen molar-refractivity contribution < 1.29 is 27.9 Å². The monoisotopic (exact) mass is 345 g/mol. The van der Waals surface area contributed by atoms with Crippen LogP contribution >= 0.6 is 0 Å². The molecule has 0 saturated heterocycles. The van der Waals surface area contributed by atoms with Crippen LogP contribution in [-0.2, 0) is 22.2 Å². The van der Waals surface area contributed by atoms with Gasteiger partial charge in [-0.2, -0.15) is 13.2 Å². The summed E-state index contributed by atoms with van der Waals surface area (Å²) in [6, 6.07) is 5.06. The number of hydrogen-bond donors (Lipinski definition) is 2. The third kappa shape index (κ3) is 6.60. The van der Waals surface area contributed by atoms with Crippen LogP contribution < -0.4 is 5.32 Å². The van der Waals surface area contributed by atoms with E-state index in [1.54, 1.807) is 19.9 Å². The first-order valence-corrected chi connectivity index (χ1v) is 7.68. The van der Waals surface area contributed by atoms with Crippen LogP contribution in [0.1, 0.15) is 44.2 Å². The van der Waals surface area contributed by atoms with Gasteiger partial charge in [0.25, 0.3) is 0 Å². The third-order valence-electron chi connectivity index (χ3n) is 3.77. The van der Waals surface area contributed by atoms with Crippen LogP contribution in [0.4, 0.5) is 13.2 Å². The lowest BCUT2D eigenvalue weighted by Gasteiger charge is -2.18. The number of rotatable bonds is 8. The number of nitrogens with one attached hydrogen (secondary N) is 1. The summed E-state index contributed by atoms with van der Waals surface area (Å²) in [6.45, 7) is 3.41. The number of carboxylic acid groups (broad SMARTS) is 1. The Hall–Kier alpha value is -2.05. The number of carboxylic acids is 1. The van der Waals surface area contributed by atoms with Crippen LogP contribution in [0.15, 0.2) is 24.3 Å². The Kier molecular flexibility index (Phi) is 6.81. The van der Waals surface area contributed by atoms with Gasteiger partial charge in [0.2, 0.25) is 5.91 Å². The van der Waals surface area contributed by atoms with Gasteiger partial charge in [0.1, 0.15) is 0 Å². The largest absolute Gasteiger partial charge is 0.481 e.